The fraction of sp³-hybridized carbons (Fsp3) is 0.674. The summed E-state index contributed by atoms with van der Waals surface area (Å²) in [5.41, 5.74) is 5.33. The number of phosphoric ester groups is 1. The highest BCUT2D eigenvalue weighted by molar-refractivity contribution is 7.47. The Balaban J connectivity index is 2.35. The number of esters is 2. The molecule has 0 radical (unpaired) electrons. The smallest absolute Gasteiger partial charge is 0.472 e. The normalized spacial score (nSPS) is 17.8. The minimum Gasteiger partial charge on any atom is -0.480 e. The van der Waals surface area contributed by atoms with E-state index in [1.165, 1.54) is 38.5 Å². The number of hydrogen-bond acceptors (Lipinski definition) is 10. The Morgan fingerprint density at radius 1 is 0.610 bits per heavy atom. The van der Waals surface area contributed by atoms with Gasteiger partial charge >= 0.3 is 25.7 Å². The molecule has 1 rings (SSSR count). The minimum atomic E-state index is -4.75. The van der Waals surface area contributed by atoms with Crippen LogP contribution < -0.4 is 5.73 Å². The number of epoxide rings is 1. The maximum absolute atomic E-state index is 12.6. The van der Waals surface area contributed by atoms with Crippen molar-refractivity contribution in [3.8, 4) is 0 Å². The Bertz CT molecular complexity index is 1340. The fourth-order valence-corrected chi connectivity index (χ4v) is 6.47. The predicted molar refractivity (Wildman–Crippen MR) is 235 cm³/mol. The molecule has 0 amide bonds. The zero-order valence-electron chi connectivity index (χ0n) is 36.0. The van der Waals surface area contributed by atoms with E-state index in [9.17, 15) is 23.8 Å². The fourth-order valence-electron chi connectivity index (χ4n) is 5.69. The average molecular weight is 850 g/mol. The second-order valence-corrected chi connectivity index (χ2v) is 16.3. The molecule has 5 atom stereocenters. The third-order valence-electron chi connectivity index (χ3n) is 9.33. The van der Waals surface area contributed by atoms with Gasteiger partial charge in [-0.05, 0) is 89.9 Å². The monoisotopic (exact) mass is 850 g/mol. The van der Waals surface area contributed by atoms with Gasteiger partial charge in [-0.1, -0.05) is 125 Å². The van der Waals surface area contributed by atoms with Crippen molar-refractivity contribution >= 4 is 25.7 Å². The van der Waals surface area contributed by atoms with Crippen LogP contribution in [0.25, 0.3) is 0 Å². The molecule has 3 unspecified atom stereocenters. The number of rotatable bonds is 39. The molecule has 1 fully saturated rings. The first-order valence-corrected chi connectivity index (χ1v) is 23.6. The summed E-state index contributed by atoms with van der Waals surface area (Å²) in [6.45, 7) is 2.64. The number of phosphoric acid groups is 1. The van der Waals surface area contributed by atoms with Crippen molar-refractivity contribution in [1.29, 1.82) is 0 Å². The molecule has 0 aliphatic carbocycles. The van der Waals surface area contributed by atoms with Crippen LogP contribution in [-0.4, -0.2) is 72.1 Å². The summed E-state index contributed by atoms with van der Waals surface area (Å²) in [7, 11) is -4.75. The molecule has 59 heavy (non-hydrogen) atoms. The molecule has 13 heteroatoms. The van der Waals surface area contributed by atoms with Gasteiger partial charge in [-0.15, -0.1) is 0 Å². The average Bonchev–Trinajstić information content (AvgIpc) is 3.97. The second kappa shape index (κ2) is 36.7. The third-order valence-corrected chi connectivity index (χ3v) is 10.3. The van der Waals surface area contributed by atoms with Gasteiger partial charge in [-0.2, -0.15) is 0 Å². The molecule has 12 nitrogen and oxygen atoms in total. The summed E-state index contributed by atoms with van der Waals surface area (Å²) in [6, 6.07) is -1.54. The summed E-state index contributed by atoms with van der Waals surface area (Å²) in [4.78, 5) is 46.0. The van der Waals surface area contributed by atoms with Crippen LogP contribution in [0.2, 0.25) is 0 Å². The van der Waals surface area contributed by atoms with Gasteiger partial charge in [0, 0.05) is 12.8 Å². The zero-order chi connectivity index (χ0) is 43.2. The molecule has 1 aliphatic rings. The highest BCUT2D eigenvalue weighted by Gasteiger charge is 2.36. The van der Waals surface area contributed by atoms with Gasteiger partial charge in [0.2, 0.25) is 0 Å². The lowest BCUT2D eigenvalue weighted by molar-refractivity contribution is -0.161. The quantitative estimate of drug-likeness (QED) is 0.0175. The molecule has 336 valence electrons. The number of hydrogen-bond donors (Lipinski definition) is 3. The molecule has 0 aromatic heterocycles. The molecule has 4 N–H and O–H groups in total. The molecule has 0 bridgehead atoms. The van der Waals surface area contributed by atoms with Crippen molar-refractivity contribution in [3.05, 3.63) is 72.9 Å². The van der Waals surface area contributed by atoms with Crippen LogP contribution in [0.5, 0.6) is 0 Å². The molecule has 1 saturated heterocycles. The van der Waals surface area contributed by atoms with E-state index in [0.717, 1.165) is 70.6 Å². The van der Waals surface area contributed by atoms with E-state index in [4.69, 9.17) is 29.6 Å². The van der Waals surface area contributed by atoms with Gasteiger partial charge in [-0.25, -0.2) is 4.57 Å². The Kier molecular flexibility index (Phi) is 33.5. The van der Waals surface area contributed by atoms with Crippen molar-refractivity contribution in [2.24, 2.45) is 5.73 Å². The third kappa shape index (κ3) is 34.3. The Labute approximate surface area is 355 Å². The Hall–Kier alpha value is -3.12. The Morgan fingerprint density at radius 2 is 1.07 bits per heavy atom. The molecule has 0 spiro atoms. The van der Waals surface area contributed by atoms with Gasteiger partial charge in [0.05, 0.1) is 25.4 Å². The van der Waals surface area contributed by atoms with E-state index in [-0.39, 0.29) is 19.4 Å². The van der Waals surface area contributed by atoms with Crippen LogP contribution in [0.3, 0.4) is 0 Å². The predicted octanol–water partition coefficient (Wildman–Crippen LogP) is 10.7. The summed E-state index contributed by atoms with van der Waals surface area (Å²) in [5.74, 6) is -2.50. The SMILES string of the molecule is CCCCC/C=C\C/C=C\C/C=C\CCCCCCC(=O)OC[C@H](COP(=O)(O)OC[C@H](N)C(=O)O)OC(=O)CCC/C=C\C/C=C\CC1OC1C/C=C\CCCCC. The number of aliphatic carboxylic acids is 1. The van der Waals surface area contributed by atoms with E-state index in [2.05, 4.69) is 79.1 Å². The molecular weight excluding hydrogens is 773 g/mol. The van der Waals surface area contributed by atoms with Crippen LogP contribution >= 0.6 is 7.82 Å². The molecule has 0 aromatic rings. The van der Waals surface area contributed by atoms with Crippen LogP contribution in [0.15, 0.2) is 72.9 Å². The number of nitrogens with two attached hydrogens (primary N) is 1. The number of unbranched alkanes of at least 4 members (excludes halogenated alkanes) is 11. The zero-order valence-corrected chi connectivity index (χ0v) is 36.9. The van der Waals surface area contributed by atoms with E-state index in [0.29, 0.717) is 31.5 Å². The maximum Gasteiger partial charge on any atom is 0.472 e. The summed E-state index contributed by atoms with van der Waals surface area (Å²) in [5, 5.41) is 8.89. The first-order valence-electron chi connectivity index (χ1n) is 22.1. The van der Waals surface area contributed by atoms with Crippen molar-refractivity contribution in [1.82, 2.24) is 0 Å². The van der Waals surface area contributed by atoms with Crippen molar-refractivity contribution < 1.29 is 52.2 Å². The lowest BCUT2D eigenvalue weighted by Gasteiger charge is -2.20. The largest absolute Gasteiger partial charge is 0.480 e. The first-order chi connectivity index (χ1) is 28.6. The van der Waals surface area contributed by atoms with E-state index in [1.807, 2.05) is 12.2 Å². The topological polar surface area (TPSA) is 184 Å². The van der Waals surface area contributed by atoms with Crippen molar-refractivity contribution in [3.63, 3.8) is 0 Å². The van der Waals surface area contributed by atoms with Crippen LogP contribution in [0.4, 0.5) is 0 Å². The first kappa shape index (κ1) is 53.9. The van der Waals surface area contributed by atoms with E-state index in [1.54, 1.807) is 0 Å². The number of carboxylic acids is 1. The molecule has 1 aliphatic heterocycles. The highest BCUT2D eigenvalue weighted by atomic mass is 31.2. The number of carboxylic acid groups (broad SMARTS) is 1. The van der Waals surface area contributed by atoms with Crippen LogP contribution in [0, 0.1) is 0 Å². The summed E-state index contributed by atoms with van der Waals surface area (Å²) < 4.78 is 38.4. The lowest BCUT2D eigenvalue weighted by Crippen LogP contribution is -2.34. The second-order valence-electron chi connectivity index (χ2n) is 14.9. The molecule has 0 saturated carbocycles. The summed E-state index contributed by atoms with van der Waals surface area (Å²) in [6.07, 6.45) is 45.7. The van der Waals surface area contributed by atoms with E-state index < -0.39 is 51.1 Å². The van der Waals surface area contributed by atoms with Crippen LogP contribution in [0.1, 0.15) is 155 Å². The molecule has 1 heterocycles. The van der Waals surface area contributed by atoms with Gasteiger partial charge in [-0.3, -0.25) is 23.4 Å². The standard InChI is InChI=1S/C46H76NO11P/c1-3-5-7-9-11-12-13-14-15-16-17-18-19-20-23-27-31-35-44(48)54-37-40(38-55-59(52,53)56-39-41(47)46(50)51)57-45(49)36-32-28-24-21-22-26-30-34-43-42(58-43)33-29-25-10-8-6-4-2/h11-12,14-15,17-18,21,24-26,29-30,40-43H,3-10,13,16,19-20,22-23,27-28,31-39,47H2,1-2H3,(H,50,51)(H,52,53)/b12-11-,15-14-,18-17-,24-21-,29-25-,30-26-/t40-,41+,42?,43?/m1/s1. The van der Waals surface area contributed by atoms with E-state index >= 15 is 0 Å². The van der Waals surface area contributed by atoms with Crippen molar-refractivity contribution in [2.75, 3.05) is 19.8 Å². The number of allylic oxidation sites excluding steroid dienone is 10. The van der Waals surface area contributed by atoms with Crippen molar-refractivity contribution in [2.45, 2.75) is 179 Å². The number of carbonyl (C=O) groups is 3. The lowest BCUT2D eigenvalue weighted by atomic mass is 10.1. The van der Waals surface area contributed by atoms with Crippen LogP contribution in [-0.2, 0) is 42.2 Å². The molecular formula is C46H76NO11P. The van der Waals surface area contributed by atoms with Gasteiger partial charge in [0.1, 0.15) is 12.6 Å². The minimum absolute atomic E-state index is 0.0710. The summed E-state index contributed by atoms with van der Waals surface area (Å²) >= 11 is 0. The van der Waals surface area contributed by atoms with Gasteiger partial charge in [0.15, 0.2) is 6.10 Å². The number of carbonyl (C=O) groups excluding carboxylic acids is 2. The Morgan fingerprint density at radius 3 is 1.64 bits per heavy atom. The molecule has 0 aromatic carbocycles. The highest BCUT2D eigenvalue weighted by Crippen LogP contribution is 2.43. The van der Waals surface area contributed by atoms with Gasteiger partial charge in [0.25, 0.3) is 0 Å². The van der Waals surface area contributed by atoms with Gasteiger partial charge < -0.3 is 29.9 Å². The number of ether oxygens (including phenoxy) is 3. The maximum atomic E-state index is 12.6.